The average Bonchev–Trinajstić information content (AvgIpc) is 2.40. The van der Waals surface area contributed by atoms with Gasteiger partial charge in [-0.15, -0.1) is 0 Å². The van der Waals surface area contributed by atoms with E-state index in [2.05, 4.69) is 10.0 Å². The maximum Gasteiger partial charge on any atom is 0.336 e. The molecule has 0 spiro atoms. The van der Waals surface area contributed by atoms with E-state index in [9.17, 15) is 18.0 Å². The van der Waals surface area contributed by atoms with Gasteiger partial charge in [-0.2, -0.15) is 0 Å². The largest absolute Gasteiger partial charge is 0.478 e. The van der Waals surface area contributed by atoms with Crippen LogP contribution < -0.4 is 10.0 Å². The van der Waals surface area contributed by atoms with Crippen LogP contribution in [0.25, 0.3) is 0 Å². The smallest absolute Gasteiger partial charge is 0.336 e. The maximum atomic E-state index is 12.2. The Balaban J connectivity index is 3.08. The number of amides is 1. The van der Waals surface area contributed by atoms with Crippen LogP contribution in [0.1, 0.15) is 22.3 Å². The molecule has 1 aromatic carbocycles. The number of hydrogen-bond acceptors (Lipinski definition) is 4. The summed E-state index contributed by atoms with van der Waals surface area (Å²) in [7, 11) is -2.51. The van der Waals surface area contributed by atoms with E-state index >= 15 is 0 Å². The van der Waals surface area contributed by atoms with Crippen LogP contribution in [0.3, 0.4) is 0 Å². The van der Waals surface area contributed by atoms with Crippen LogP contribution in [0.2, 0.25) is 5.02 Å². The number of halogens is 1. The molecule has 0 unspecified atom stereocenters. The minimum Gasteiger partial charge on any atom is -0.478 e. The fraction of sp³-hybridized carbons (Fsp3) is 0.333. The molecule has 0 saturated heterocycles. The van der Waals surface area contributed by atoms with Gasteiger partial charge in [-0.05, 0) is 24.6 Å². The van der Waals surface area contributed by atoms with Gasteiger partial charge in [-0.1, -0.05) is 11.6 Å². The summed E-state index contributed by atoms with van der Waals surface area (Å²) in [5.41, 5.74) is -0.103. The highest BCUT2D eigenvalue weighted by molar-refractivity contribution is 7.89. The summed E-state index contributed by atoms with van der Waals surface area (Å²) in [6.45, 7) is 1.28. The predicted molar refractivity (Wildman–Crippen MR) is 77.0 cm³/mol. The molecule has 1 rings (SSSR count). The highest BCUT2D eigenvalue weighted by Crippen LogP contribution is 2.24. The minimum absolute atomic E-state index is 0.00433. The quantitative estimate of drug-likeness (QED) is 0.711. The first-order chi connectivity index (χ1) is 9.69. The number of carbonyl (C=O) groups is 2. The normalized spacial score (nSPS) is 11.2. The summed E-state index contributed by atoms with van der Waals surface area (Å²) in [4.78, 5) is 21.9. The molecule has 9 heteroatoms. The fourth-order valence-corrected chi connectivity index (χ4v) is 3.26. The van der Waals surface area contributed by atoms with Gasteiger partial charge in [0.2, 0.25) is 15.9 Å². The number of carboxylic acid groups (broad SMARTS) is 1. The number of aromatic carboxylic acids is 1. The molecule has 0 aliphatic rings. The van der Waals surface area contributed by atoms with Gasteiger partial charge in [0.15, 0.2) is 0 Å². The van der Waals surface area contributed by atoms with E-state index in [1.54, 1.807) is 0 Å². The third-order valence-electron chi connectivity index (χ3n) is 2.77. The first-order valence-electron chi connectivity index (χ1n) is 5.92. The molecule has 1 amide bonds. The molecule has 0 aliphatic carbocycles. The van der Waals surface area contributed by atoms with Crippen molar-refractivity contribution < 1.29 is 23.1 Å². The van der Waals surface area contributed by atoms with Crippen LogP contribution in [0.4, 0.5) is 0 Å². The standard InChI is InChI=1S/C12H15ClN2O5S/c1-7-9(12(17)18)5-8(13)6-10(7)21(19,20)15-4-3-11(16)14-2/h5-6,15H,3-4H2,1-2H3,(H,14,16)(H,17,18). The van der Waals surface area contributed by atoms with Crippen LogP contribution in [0.5, 0.6) is 0 Å². The molecule has 0 radical (unpaired) electrons. The van der Waals surface area contributed by atoms with Crippen molar-refractivity contribution in [2.45, 2.75) is 18.2 Å². The van der Waals surface area contributed by atoms with Crippen molar-refractivity contribution in [1.82, 2.24) is 10.0 Å². The molecule has 0 bridgehead atoms. The lowest BCUT2D eigenvalue weighted by Crippen LogP contribution is -2.30. The number of sulfonamides is 1. The minimum atomic E-state index is -3.95. The Morgan fingerprint density at radius 1 is 1.33 bits per heavy atom. The average molecular weight is 335 g/mol. The van der Waals surface area contributed by atoms with Gasteiger partial charge in [-0.3, -0.25) is 4.79 Å². The highest BCUT2D eigenvalue weighted by atomic mass is 35.5. The Labute approximate surface area is 127 Å². The number of carboxylic acids is 1. The number of benzene rings is 1. The molecule has 0 aliphatic heterocycles. The molecular weight excluding hydrogens is 320 g/mol. The number of hydrogen-bond donors (Lipinski definition) is 3. The van der Waals surface area contributed by atoms with Crippen molar-refractivity contribution in [3.8, 4) is 0 Å². The van der Waals surface area contributed by atoms with E-state index in [0.29, 0.717) is 0 Å². The Bertz CT molecular complexity index is 672. The van der Waals surface area contributed by atoms with Crippen molar-refractivity contribution in [2.75, 3.05) is 13.6 Å². The number of nitrogens with one attached hydrogen (secondary N) is 2. The van der Waals surface area contributed by atoms with E-state index in [1.165, 1.54) is 26.1 Å². The lowest BCUT2D eigenvalue weighted by Gasteiger charge is -2.11. The van der Waals surface area contributed by atoms with Gasteiger partial charge < -0.3 is 10.4 Å². The van der Waals surface area contributed by atoms with Crippen LogP contribution in [-0.2, 0) is 14.8 Å². The number of rotatable bonds is 6. The summed E-state index contributed by atoms with van der Waals surface area (Å²) < 4.78 is 26.5. The lowest BCUT2D eigenvalue weighted by atomic mass is 10.1. The van der Waals surface area contributed by atoms with Crippen molar-refractivity contribution in [2.24, 2.45) is 0 Å². The van der Waals surface area contributed by atoms with Gasteiger partial charge >= 0.3 is 5.97 Å². The van der Waals surface area contributed by atoms with Gasteiger partial charge in [0.25, 0.3) is 0 Å². The van der Waals surface area contributed by atoms with Crippen LogP contribution >= 0.6 is 11.6 Å². The van der Waals surface area contributed by atoms with Crippen molar-refractivity contribution in [3.05, 3.63) is 28.3 Å². The SMILES string of the molecule is CNC(=O)CCNS(=O)(=O)c1cc(Cl)cc(C(=O)O)c1C. The molecule has 0 saturated carbocycles. The summed E-state index contributed by atoms with van der Waals surface area (Å²) in [6.07, 6.45) is -0.0267. The lowest BCUT2D eigenvalue weighted by molar-refractivity contribution is -0.120. The molecule has 0 atom stereocenters. The summed E-state index contributed by atoms with van der Waals surface area (Å²) in [5, 5.41) is 11.4. The zero-order valence-electron chi connectivity index (χ0n) is 11.4. The second kappa shape index (κ2) is 6.88. The first-order valence-corrected chi connectivity index (χ1v) is 7.79. The molecule has 0 fully saturated rings. The first kappa shape index (κ1) is 17.4. The topological polar surface area (TPSA) is 113 Å². The van der Waals surface area contributed by atoms with E-state index in [4.69, 9.17) is 16.7 Å². The highest BCUT2D eigenvalue weighted by Gasteiger charge is 2.22. The Morgan fingerprint density at radius 2 is 1.95 bits per heavy atom. The molecule has 0 heterocycles. The predicted octanol–water partition coefficient (Wildman–Crippen LogP) is 0.761. The zero-order valence-corrected chi connectivity index (χ0v) is 13.0. The molecule has 0 aromatic heterocycles. The third-order valence-corrected chi connectivity index (χ3v) is 4.57. The second-order valence-corrected chi connectivity index (χ2v) is 6.37. The molecule has 7 nitrogen and oxygen atoms in total. The summed E-state index contributed by atoms with van der Waals surface area (Å²) in [6, 6.07) is 2.36. The zero-order chi connectivity index (χ0) is 16.2. The van der Waals surface area contributed by atoms with Crippen LogP contribution in [0.15, 0.2) is 17.0 Å². The summed E-state index contributed by atoms with van der Waals surface area (Å²) in [5.74, 6) is -1.58. The molecule has 116 valence electrons. The maximum absolute atomic E-state index is 12.2. The van der Waals surface area contributed by atoms with E-state index in [0.717, 1.165) is 0 Å². The van der Waals surface area contributed by atoms with Crippen LogP contribution in [-0.4, -0.2) is 39.0 Å². The van der Waals surface area contributed by atoms with Crippen molar-refractivity contribution in [3.63, 3.8) is 0 Å². The van der Waals surface area contributed by atoms with Gasteiger partial charge in [0.1, 0.15) is 0 Å². The van der Waals surface area contributed by atoms with Gasteiger partial charge in [0.05, 0.1) is 10.5 Å². The Kier molecular flexibility index (Phi) is 5.70. The van der Waals surface area contributed by atoms with Crippen molar-refractivity contribution >= 4 is 33.5 Å². The molecular formula is C12H15ClN2O5S. The fourth-order valence-electron chi connectivity index (χ4n) is 1.66. The Morgan fingerprint density at radius 3 is 2.48 bits per heavy atom. The van der Waals surface area contributed by atoms with E-state index in [1.807, 2.05) is 0 Å². The van der Waals surface area contributed by atoms with Crippen LogP contribution in [0, 0.1) is 6.92 Å². The molecule has 1 aromatic rings. The third kappa shape index (κ3) is 4.42. The number of carbonyl (C=O) groups excluding carboxylic acids is 1. The van der Waals surface area contributed by atoms with E-state index in [-0.39, 0.29) is 39.9 Å². The monoisotopic (exact) mass is 334 g/mol. The van der Waals surface area contributed by atoms with Gasteiger partial charge in [0, 0.05) is 25.0 Å². The summed E-state index contributed by atoms with van der Waals surface area (Å²) >= 11 is 5.76. The van der Waals surface area contributed by atoms with Crippen molar-refractivity contribution in [1.29, 1.82) is 0 Å². The van der Waals surface area contributed by atoms with Gasteiger partial charge in [-0.25, -0.2) is 17.9 Å². The molecule has 3 N–H and O–H groups in total. The van der Waals surface area contributed by atoms with E-state index < -0.39 is 16.0 Å². The molecule has 21 heavy (non-hydrogen) atoms. The Hall–Kier alpha value is -1.64. The second-order valence-electron chi connectivity index (χ2n) is 4.20.